The van der Waals surface area contributed by atoms with Gasteiger partial charge < -0.3 is 0 Å². The molecule has 1 rings (SSSR count). The molecule has 2 unspecified atom stereocenters. The zero-order chi connectivity index (χ0) is 20.1. The number of sulfonamides is 2. The van der Waals surface area contributed by atoms with E-state index in [0.29, 0.717) is 25.8 Å². The second kappa shape index (κ2) is 9.34. The quantitative estimate of drug-likeness (QED) is 0.548. The Bertz CT molecular complexity index is 644. The largest absolute Gasteiger partial charge is 0.215 e. The predicted octanol–water partition coefficient (Wildman–Crippen LogP) is 3.01. The van der Waals surface area contributed by atoms with E-state index in [4.69, 9.17) is 0 Å². The Morgan fingerprint density at radius 1 is 0.885 bits per heavy atom. The molecule has 2 atom stereocenters. The standard InChI is InChI=1S/C18H38N2O4S2/c1-6-8-10-25(21,22)19-15-18(5)13-16(12-17(3,4)14-18)20-26(23,24)11-9-7-2/h16,19-20H,6-15H2,1-5H3. The molecule has 0 spiro atoms. The number of nitrogens with one attached hydrogen (secondary N) is 2. The summed E-state index contributed by atoms with van der Waals surface area (Å²) in [6.45, 7) is 10.6. The molecule has 2 N–H and O–H groups in total. The summed E-state index contributed by atoms with van der Waals surface area (Å²) in [6, 6.07) is -0.147. The lowest BCUT2D eigenvalue weighted by Crippen LogP contribution is -2.50. The highest BCUT2D eigenvalue weighted by Gasteiger charge is 2.42. The van der Waals surface area contributed by atoms with Gasteiger partial charge in [0.1, 0.15) is 0 Å². The van der Waals surface area contributed by atoms with E-state index in [1.54, 1.807) is 0 Å². The minimum absolute atomic E-state index is 0.0419. The molecule has 1 aliphatic carbocycles. The molecule has 0 saturated heterocycles. The molecule has 26 heavy (non-hydrogen) atoms. The van der Waals surface area contributed by atoms with Gasteiger partial charge >= 0.3 is 0 Å². The van der Waals surface area contributed by atoms with Crippen LogP contribution in [0.15, 0.2) is 0 Å². The first-order chi connectivity index (χ1) is 11.8. The third-order valence-electron chi connectivity index (χ3n) is 5.04. The lowest BCUT2D eigenvalue weighted by Gasteiger charge is -2.46. The maximum Gasteiger partial charge on any atom is 0.211 e. The summed E-state index contributed by atoms with van der Waals surface area (Å²) in [5.41, 5.74) is -0.307. The fourth-order valence-corrected chi connectivity index (χ4v) is 7.03. The fraction of sp³-hybridized carbons (Fsp3) is 1.00. The molecule has 1 fully saturated rings. The molecule has 0 bridgehead atoms. The maximum atomic E-state index is 12.3. The van der Waals surface area contributed by atoms with Crippen molar-refractivity contribution < 1.29 is 16.8 Å². The molecule has 8 heteroatoms. The summed E-state index contributed by atoms with van der Waals surface area (Å²) in [5, 5.41) is 0. The van der Waals surface area contributed by atoms with E-state index >= 15 is 0 Å². The van der Waals surface area contributed by atoms with Gasteiger partial charge in [0.2, 0.25) is 20.0 Å². The van der Waals surface area contributed by atoms with Crippen LogP contribution in [0.3, 0.4) is 0 Å². The van der Waals surface area contributed by atoms with Crippen molar-refractivity contribution in [1.29, 1.82) is 0 Å². The highest BCUT2D eigenvalue weighted by Crippen LogP contribution is 2.46. The third-order valence-corrected chi connectivity index (χ3v) is 7.97. The summed E-state index contributed by atoms with van der Waals surface area (Å²) >= 11 is 0. The molecule has 0 aromatic rings. The Balaban J connectivity index is 2.79. The van der Waals surface area contributed by atoms with Crippen molar-refractivity contribution in [1.82, 2.24) is 9.44 Å². The molecule has 6 nitrogen and oxygen atoms in total. The monoisotopic (exact) mass is 410 g/mol. The molecule has 0 heterocycles. The average molecular weight is 411 g/mol. The van der Waals surface area contributed by atoms with E-state index in [9.17, 15) is 16.8 Å². The van der Waals surface area contributed by atoms with Crippen molar-refractivity contribution in [2.45, 2.75) is 85.6 Å². The Hall–Kier alpha value is -0.180. The highest BCUT2D eigenvalue weighted by atomic mass is 32.2. The first kappa shape index (κ1) is 23.9. The molecule has 0 aromatic carbocycles. The van der Waals surface area contributed by atoms with Crippen LogP contribution in [0.1, 0.15) is 79.6 Å². The molecular formula is C18H38N2O4S2. The van der Waals surface area contributed by atoms with Crippen molar-refractivity contribution >= 4 is 20.0 Å². The van der Waals surface area contributed by atoms with Gasteiger partial charge in [-0.25, -0.2) is 26.3 Å². The van der Waals surface area contributed by atoms with E-state index in [0.717, 1.165) is 25.7 Å². The smallest absolute Gasteiger partial charge is 0.211 e. The highest BCUT2D eigenvalue weighted by molar-refractivity contribution is 7.89. The van der Waals surface area contributed by atoms with E-state index in [1.165, 1.54) is 0 Å². The lowest BCUT2D eigenvalue weighted by molar-refractivity contribution is 0.0821. The van der Waals surface area contributed by atoms with Crippen LogP contribution in [0, 0.1) is 10.8 Å². The summed E-state index contributed by atoms with van der Waals surface area (Å²) in [6.07, 6.45) is 5.27. The lowest BCUT2D eigenvalue weighted by atomic mass is 9.63. The number of hydrogen-bond acceptors (Lipinski definition) is 4. The number of unbranched alkanes of at least 4 members (excludes halogenated alkanes) is 2. The van der Waals surface area contributed by atoms with Crippen molar-refractivity contribution in [3.63, 3.8) is 0 Å². The molecule has 1 saturated carbocycles. The molecule has 0 radical (unpaired) electrons. The minimum Gasteiger partial charge on any atom is -0.215 e. The van der Waals surface area contributed by atoms with Gasteiger partial charge in [0, 0.05) is 12.6 Å². The van der Waals surface area contributed by atoms with Crippen molar-refractivity contribution in [3.05, 3.63) is 0 Å². The van der Waals surface area contributed by atoms with Crippen LogP contribution >= 0.6 is 0 Å². The Morgan fingerprint density at radius 2 is 1.42 bits per heavy atom. The zero-order valence-corrected chi connectivity index (χ0v) is 18.7. The first-order valence-corrected chi connectivity index (χ1v) is 13.1. The van der Waals surface area contributed by atoms with Gasteiger partial charge in [-0.3, -0.25) is 0 Å². The van der Waals surface area contributed by atoms with E-state index in [2.05, 4.69) is 30.2 Å². The van der Waals surface area contributed by atoms with Crippen LogP contribution in [-0.2, 0) is 20.0 Å². The predicted molar refractivity (Wildman–Crippen MR) is 108 cm³/mol. The minimum atomic E-state index is -3.29. The topological polar surface area (TPSA) is 92.3 Å². The number of hydrogen-bond donors (Lipinski definition) is 2. The van der Waals surface area contributed by atoms with E-state index in [-0.39, 0.29) is 28.4 Å². The summed E-state index contributed by atoms with van der Waals surface area (Å²) < 4.78 is 54.5. The third kappa shape index (κ3) is 8.67. The summed E-state index contributed by atoms with van der Waals surface area (Å²) in [5.74, 6) is 0.302. The van der Waals surface area contributed by atoms with Gasteiger partial charge in [0.15, 0.2) is 0 Å². The molecular weight excluding hydrogens is 372 g/mol. The Morgan fingerprint density at radius 3 is 1.96 bits per heavy atom. The van der Waals surface area contributed by atoms with Crippen molar-refractivity contribution in [2.24, 2.45) is 10.8 Å². The van der Waals surface area contributed by atoms with Crippen LogP contribution in [0.5, 0.6) is 0 Å². The molecule has 0 aliphatic heterocycles. The van der Waals surface area contributed by atoms with Crippen molar-refractivity contribution in [2.75, 3.05) is 18.1 Å². The van der Waals surface area contributed by atoms with Crippen LogP contribution in [0.25, 0.3) is 0 Å². The number of rotatable bonds is 11. The van der Waals surface area contributed by atoms with Crippen LogP contribution in [0.2, 0.25) is 0 Å². The maximum absolute atomic E-state index is 12.3. The van der Waals surface area contributed by atoms with Gasteiger partial charge in [-0.15, -0.1) is 0 Å². The molecule has 156 valence electrons. The molecule has 0 aromatic heterocycles. The van der Waals surface area contributed by atoms with Gasteiger partial charge in [0.05, 0.1) is 11.5 Å². The SMILES string of the molecule is CCCCS(=O)(=O)NCC1(C)CC(NS(=O)(=O)CCCC)CC(C)(C)C1. The van der Waals surface area contributed by atoms with Gasteiger partial charge in [-0.2, -0.15) is 0 Å². The summed E-state index contributed by atoms with van der Waals surface area (Å²) in [4.78, 5) is 0. The van der Waals surface area contributed by atoms with E-state index in [1.807, 2.05) is 13.8 Å². The average Bonchev–Trinajstić information content (AvgIpc) is 2.47. The van der Waals surface area contributed by atoms with Crippen LogP contribution in [-0.4, -0.2) is 40.9 Å². The normalized spacial score (nSPS) is 26.7. The second-order valence-electron chi connectivity index (χ2n) is 9.04. The Kier molecular flexibility index (Phi) is 8.58. The fourth-order valence-electron chi connectivity index (χ4n) is 4.19. The van der Waals surface area contributed by atoms with Crippen LogP contribution in [0.4, 0.5) is 0 Å². The summed E-state index contributed by atoms with van der Waals surface area (Å²) in [7, 11) is -6.56. The van der Waals surface area contributed by atoms with Gasteiger partial charge in [0.25, 0.3) is 0 Å². The van der Waals surface area contributed by atoms with E-state index < -0.39 is 20.0 Å². The Labute approximate surface area is 161 Å². The first-order valence-electron chi connectivity index (χ1n) is 9.79. The molecule has 0 amide bonds. The van der Waals surface area contributed by atoms with Crippen LogP contribution < -0.4 is 9.44 Å². The van der Waals surface area contributed by atoms with Crippen molar-refractivity contribution in [3.8, 4) is 0 Å². The second-order valence-corrected chi connectivity index (χ2v) is 12.8. The van der Waals surface area contributed by atoms with Gasteiger partial charge in [-0.05, 0) is 42.9 Å². The van der Waals surface area contributed by atoms with Gasteiger partial charge in [-0.1, -0.05) is 47.5 Å². The molecule has 1 aliphatic rings. The zero-order valence-electron chi connectivity index (χ0n) is 17.1.